The number of anilines is 1. The summed E-state index contributed by atoms with van der Waals surface area (Å²) in [6, 6.07) is 7.67. The molecule has 2 heterocycles. The maximum Gasteiger partial charge on any atom is 0.416 e. The molecule has 29 heavy (non-hydrogen) atoms. The number of alkyl halides is 3. The largest absolute Gasteiger partial charge is 0.489 e. The number of benzene rings is 1. The Labute approximate surface area is 164 Å². The van der Waals surface area contributed by atoms with Gasteiger partial charge in [0.2, 0.25) is 0 Å². The molecule has 0 saturated heterocycles. The van der Waals surface area contributed by atoms with Gasteiger partial charge in [0.25, 0.3) is 5.91 Å². The van der Waals surface area contributed by atoms with E-state index in [1.807, 2.05) is 0 Å². The average Bonchev–Trinajstić information content (AvgIpc) is 3.23. The Morgan fingerprint density at radius 1 is 1.21 bits per heavy atom. The Hall–Kier alpha value is -3.40. The van der Waals surface area contributed by atoms with Crippen molar-refractivity contribution in [1.82, 2.24) is 14.8 Å². The van der Waals surface area contributed by atoms with Crippen LogP contribution in [-0.2, 0) is 10.9 Å². The highest BCUT2D eigenvalue weighted by Crippen LogP contribution is 2.35. The van der Waals surface area contributed by atoms with Gasteiger partial charge in [0.1, 0.15) is 12.4 Å². The van der Waals surface area contributed by atoms with Crippen LogP contribution in [0.1, 0.15) is 15.9 Å². The molecular weight excluding hydrogens is 389 g/mol. The van der Waals surface area contributed by atoms with Crippen LogP contribution in [0.4, 0.5) is 18.9 Å². The first-order valence-electron chi connectivity index (χ1n) is 8.49. The van der Waals surface area contributed by atoms with Crippen molar-refractivity contribution in [3.8, 4) is 11.6 Å². The number of halogens is 3. The number of aromatic nitrogens is 3. The third-order valence-electron chi connectivity index (χ3n) is 3.85. The normalized spacial score (nSPS) is 11.3. The van der Waals surface area contributed by atoms with Crippen molar-refractivity contribution >= 4 is 11.6 Å². The second-order valence-electron chi connectivity index (χ2n) is 5.86. The lowest BCUT2D eigenvalue weighted by atomic mass is 10.1. The standard InChI is InChI=1S/C19H17F3N4O3/c1-28-9-10-29-16-5-4-14(19(20,21)22)11-15(16)25-18(27)13-3-6-17(23-12-13)26-8-2-7-24-26/h2-8,11-12H,9-10H2,1H3,(H,25,27). The number of hydrogen-bond donors (Lipinski definition) is 1. The van der Waals surface area contributed by atoms with Crippen molar-refractivity contribution in [1.29, 1.82) is 0 Å². The van der Waals surface area contributed by atoms with Gasteiger partial charge in [-0.05, 0) is 36.4 Å². The second-order valence-corrected chi connectivity index (χ2v) is 5.86. The SMILES string of the molecule is COCCOc1ccc(C(F)(F)F)cc1NC(=O)c1ccc(-n2cccn2)nc1. The van der Waals surface area contributed by atoms with Crippen LogP contribution in [0.15, 0.2) is 55.0 Å². The van der Waals surface area contributed by atoms with Crippen LogP contribution in [0, 0.1) is 0 Å². The molecule has 0 bridgehead atoms. The number of amides is 1. The first-order valence-corrected chi connectivity index (χ1v) is 8.49. The summed E-state index contributed by atoms with van der Waals surface area (Å²) >= 11 is 0. The Bertz CT molecular complexity index is 958. The van der Waals surface area contributed by atoms with Gasteiger partial charge in [-0.1, -0.05) is 0 Å². The van der Waals surface area contributed by atoms with Gasteiger partial charge in [-0.3, -0.25) is 4.79 Å². The minimum atomic E-state index is -4.56. The predicted octanol–water partition coefficient (Wildman–Crippen LogP) is 3.56. The van der Waals surface area contributed by atoms with Crippen molar-refractivity contribution in [2.75, 3.05) is 25.6 Å². The monoisotopic (exact) mass is 406 g/mol. The van der Waals surface area contributed by atoms with Crippen LogP contribution >= 0.6 is 0 Å². The number of methoxy groups -OCH3 is 1. The minimum Gasteiger partial charge on any atom is -0.489 e. The van der Waals surface area contributed by atoms with Gasteiger partial charge in [-0.2, -0.15) is 18.3 Å². The molecule has 0 atom stereocenters. The van der Waals surface area contributed by atoms with Crippen molar-refractivity contribution in [2.45, 2.75) is 6.18 Å². The summed E-state index contributed by atoms with van der Waals surface area (Å²) in [4.78, 5) is 16.7. The molecule has 2 aromatic heterocycles. The Kier molecular flexibility index (Phi) is 6.13. The minimum absolute atomic E-state index is 0.0999. The second kappa shape index (κ2) is 8.74. The quantitative estimate of drug-likeness (QED) is 0.607. The fraction of sp³-hybridized carbons (Fsp3) is 0.211. The van der Waals surface area contributed by atoms with Crippen molar-refractivity contribution in [3.63, 3.8) is 0 Å². The van der Waals surface area contributed by atoms with Gasteiger partial charge in [0.15, 0.2) is 5.82 Å². The molecule has 152 valence electrons. The number of rotatable bonds is 7. The molecule has 0 aliphatic rings. The number of nitrogens with one attached hydrogen (secondary N) is 1. The molecule has 0 fully saturated rings. The van der Waals surface area contributed by atoms with Crippen molar-refractivity contribution in [3.05, 3.63) is 66.1 Å². The number of pyridine rings is 1. The lowest BCUT2D eigenvalue weighted by molar-refractivity contribution is -0.137. The molecule has 3 aromatic rings. The van der Waals surface area contributed by atoms with Gasteiger partial charge in [0.05, 0.1) is 23.4 Å². The van der Waals surface area contributed by atoms with Gasteiger partial charge in [-0.15, -0.1) is 0 Å². The summed E-state index contributed by atoms with van der Waals surface area (Å²) in [7, 11) is 1.47. The summed E-state index contributed by atoms with van der Waals surface area (Å²) in [6.07, 6.45) is 0.0261. The van der Waals surface area contributed by atoms with Gasteiger partial charge in [-0.25, -0.2) is 9.67 Å². The van der Waals surface area contributed by atoms with E-state index in [0.717, 1.165) is 18.2 Å². The molecule has 10 heteroatoms. The number of carbonyl (C=O) groups is 1. The summed E-state index contributed by atoms with van der Waals surface area (Å²) in [5.41, 5.74) is -0.836. The summed E-state index contributed by atoms with van der Waals surface area (Å²) in [6.45, 7) is 0.359. The topological polar surface area (TPSA) is 78.3 Å². The zero-order valence-electron chi connectivity index (χ0n) is 15.3. The number of carbonyl (C=O) groups excluding carboxylic acids is 1. The van der Waals surface area contributed by atoms with E-state index in [9.17, 15) is 18.0 Å². The van der Waals surface area contributed by atoms with Crippen molar-refractivity contribution < 1.29 is 27.4 Å². The molecule has 0 aliphatic carbocycles. The van der Waals surface area contributed by atoms with E-state index >= 15 is 0 Å². The highest BCUT2D eigenvalue weighted by molar-refractivity contribution is 6.04. The molecule has 1 aromatic carbocycles. The summed E-state index contributed by atoms with van der Waals surface area (Å²) < 4.78 is 51.0. The van der Waals surface area contributed by atoms with Crippen LogP contribution in [0.25, 0.3) is 5.82 Å². The van der Waals surface area contributed by atoms with Gasteiger partial charge < -0.3 is 14.8 Å². The molecule has 1 amide bonds. The van der Waals surface area contributed by atoms with E-state index in [1.54, 1.807) is 24.5 Å². The zero-order chi connectivity index (χ0) is 20.9. The van der Waals surface area contributed by atoms with E-state index in [2.05, 4.69) is 15.4 Å². The van der Waals surface area contributed by atoms with Gasteiger partial charge in [0, 0.05) is 25.7 Å². The Balaban J connectivity index is 1.81. The summed E-state index contributed by atoms with van der Waals surface area (Å²) in [5.74, 6) is -0.0286. The molecule has 0 unspecified atom stereocenters. The van der Waals surface area contributed by atoms with E-state index in [4.69, 9.17) is 9.47 Å². The maximum atomic E-state index is 13.1. The molecule has 1 N–H and O–H groups in total. The third kappa shape index (κ3) is 5.11. The van der Waals surface area contributed by atoms with Gasteiger partial charge >= 0.3 is 6.18 Å². The molecule has 3 rings (SSSR count). The van der Waals surface area contributed by atoms with Crippen LogP contribution in [0.2, 0.25) is 0 Å². The van der Waals surface area contributed by atoms with E-state index < -0.39 is 17.6 Å². The Morgan fingerprint density at radius 2 is 2.03 bits per heavy atom. The number of hydrogen-bond acceptors (Lipinski definition) is 5. The first-order chi connectivity index (χ1) is 13.9. The van der Waals surface area contributed by atoms with Crippen LogP contribution in [0.3, 0.4) is 0 Å². The molecule has 0 spiro atoms. The first kappa shape index (κ1) is 20.3. The third-order valence-corrected chi connectivity index (χ3v) is 3.85. The van der Waals surface area contributed by atoms with E-state index in [1.165, 1.54) is 24.1 Å². The number of ether oxygens (including phenoxy) is 2. The number of nitrogens with zero attached hydrogens (tertiary/aromatic N) is 3. The van der Waals surface area contributed by atoms with E-state index in [0.29, 0.717) is 5.82 Å². The summed E-state index contributed by atoms with van der Waals surface area (Å²) in [5, 5.41) is 6.48. The van der Waals surface area contributed by atoms with Crippen LogP contribution in [-0.4, -0.2) is 41.0 Å². The van der Waals surface area contributed by atoms with Crippen LogP contribution < -0.4 is 10.1 Å². The molecule has 0 saturated carbocycles. The van der Waals surface area contributed by atoms with Crippen LogP contribution in [0.5, 0.6) is 5.75 Å². The molecule has 0 aliphatic heterocycles. The smallest absolute Gasteiger partial charge is 0.416 e. The predicted molar refractivity (Wildman–Crippen MR) is 98.1 cm³/mol. The average molecular weight is 406 g/mol. The highest BCUT2D eigenvalue weighted by Gasteiger charge is 2.31. The fourth-order valence-corrected chi connectivity index (χ4v) is 2.42. The highest BCUT2D eigenvalue weighted by atomic mass is 19.4. The molecule has 0 radical (unpaired) electrons. The van der Waals surface area contributed by atoms with E-state index in [-0.39, 0.29) is 30.2 Å². The Morgan fingerprint density at radius 3 is 2.66 bits per heavy atom. The zero-order valence-corrected chi connectivity index (χ0v) is 15.3. The molecule has 7 nitrogen and oxygen atoms in total. The maximum absolute atomic E-state index is 13.1. The van der Waals surface area contributed by atoms with Crippen molar-refractivity contribution in [2.24, 2.45) is 0 Å². The lowest BCUT2D eigenvalue weighted by Crippen LogP contribution is -2.16. The molecular formula is C19H17F3N4O3. The fourth-order valence-electron chi connectivity index (χ4n) is 2.42. The lowest BCUT2D eigenvalue weighted by Gasteiger charge is -2.15.